The van der Waals surface area contributed by atoms with Gasteiger partial charge in [-0.25, -0.2) is 8.42 Å². The molecule has 39 heavy (non-hydrogen) atoms. The van der Waals surface area contributed by atoms with Crippen LogP contribution < -0.4 is 9.47 Å². The van der Waals surface area contributed by atoms with Gasteiger partial charge in [-0.3, -0.25) is 4.79 Å². The van der Waals surface area contributed by atoms with Gasteiger partial charge in [0.05, 0.1) is 32.2 Å². The van der Waals surface area contributed by atoms with E-state index in [1.807, 2.05) is 36.6 Å². The zero-order chi connectivity index (χ0) is 28.4. The molecule has 8 nitrogen and oxygen atoms in total. The topological polar surface area (TPSA) is 85.4 Å². The van der Waals surface area contributed by atoms with Crippen molar-refractivity contribution in [1.82, 2.24) is 9.21 Å². The molecule has 0 aliphatic heterocycles. The molecule has 0 N–H and O–H groups in total. The van der Waals surface area contributed by atoms with Gasteiger partial charge in [0.2, 0.25) is 15.9 Å². The lowest BCUT2D eigenvalue weighted by atomic mass is 10.1. The van der Waals surface area contributed by atoms with E-state index in [9.17, 15) is 13.2 Å². The number of carbonyl (C=O) groups excluding carboxylic acids is 1. The van der Waals surface area contributed by atoms with E-state index in [2.05, 4.69) is 15.9 Å². The highest BCUT2D eigenvalue weighted by Crippen LogP contribution is 2.28. The molecule has 0 spiro atoms. The van der Waals surface area contributed by atoms with Crippen LogP contribution in [0.1, 0.15) is 22.4 Å². The summed E-state index contributed by atoms with van der Waals surface area (Å²) in [6.45, 7) is 3.11. The number of nitrogens with zero attached hydrogens (tertiary/aromatic N) is 2. The minimum absolute atomic E-state index is 0.141. The Kier molecular flexibility index (Phi) is 11.8. The van der Waals surface area contributed by atoms with Crippen LogP contribution in [-0.2, 0) is 32.5 Å². The molecule has 0 bridgehead atoms. The summed E-state index contributed by atoms with van der Waals surface area (Å²) in [4.78, 5) is 16.7. The van der Waals surface area contributed by atoms with Gasteiger partial charge in [0, 0.05) is 36.2 Å². The molecule has 3 aromatic rings. The van der Waals surface area contributed by atoms with Crippen molar-refractivity contribution in [2.24, 2.45) is 0 Å². The third-order valence-electron chi connectivity index (χ3n) is 6.29. The smallest absolute Gasteiger partial charge is 0.243 e. The van der Waals surface area contributed by atoms with E-state index < -0.39 is 10.0 Å². The number of carbonyl (C=O) groups is 1. The van der Waals surface area contributed by atoms with Gasteiger partial charge in [-0.15, -0.1) is 11.3 Å². The van der Waals surface area contributed by atoms with E-state index in [4.69, 9.17) is 14.2 Å². The lowest BCUT2D eigenvalue weighted by Gasteiger charge is -2.27. The molecule has 1 heterocycles. The van der Waals surface area contributed by atoms with Crippen molar-refractivity contribution in [2.45, 2.75) is 31.2 Å². The SMILES string of the molecule is COCCCN(CC(=O)N(CCc1ccc(OC)c(OC)c1)Cc1sccc1C)S(=O)(=O)c1ccc(Br)cc1. The van der Waals surface area contributed by atoms with E-state index in [1.54, 1.807) is 49.7 Å². The van der Waals surface area contributed by atoms with Crippen molar-refractivity contribution < 1.29 is 27.4 Å². The first-order chi connectivity index (χ1) is 18.7. The maximum atomic E-state index is 13.7. The van der Waals surface area contributed by atoms with E-state index in [1.165, 1.54) is 16.4 Å². The highest BCUT2D eigenvalue weighted by Gasteiger charge is 2.28. The monoisotopic (exact) mass is 638 g/mol. The molecule has 0 saturated carbocycles. The molecule has 0 aliphatic rings. The van der Waals surface area contributed by atoms with Gasteiger partial charge in [0.1, 0.15) is 0 Å². The molecule has 0 saturated heterocycles. The number of methoxy groups -OCH3 is 3. The highest BCUT2D eigenvalue weighted by atomic mass is 79.9. The van der Waals surface area contributed by atoms with Gasteiger partial charge >= 0.3 is 0 Å². The predicted octanol–water partition coefficient (Wildman–Crippen LogP) is 5.13. The Hall–Kier alpha value is -2.44. The predicted molar refractivity (Wildman–Crippen MR) is 157 cm³/mol. The van der Waals surface area contributed by atoms with Crippen molar-refractivity contribution in [3.63, 3.8) is 0 Å². The van der Waals surface area contributed by atoms with Crippen LogP contribution in [0.4, 0.5) is 0 Å². The van der Waals surface area contributed by atoms with E-state index >= 15 is 0 Å². The van der Waals surface area contributed by atoms with Crippen LogP contribution in [0, 0.1) is 6.92 Å². The van der Waals surface area contributed by atoms with E-state index in [-0.39, 0.29) is 23.9 Å². The van der Waals surface area contributed by atoms with Crippen LogP contribution in [0.25, 0.3) is 0 Å². The Morgan fingerprint density at radius 2 is 1.69 bits per heavy atom. The molecule has 0 aliphatic carbocycles. The number of sulfonamides is 1. The Balaban J connectivity index is 1.85. The van der Waals surface area contributed by atoms with Crippen molar-refractivity contribution in [2.75, 3.05) is 47.6 Å². The molecule has 1 amide bonds. The molecule has 3 rings (SSSR count). The Morgan fingerprint density at radius 3 is 2.31 bits per heavy atom. The van der Waals surface area contributed by atoms with Gasteiger partial charge in [-0.1, -0.05) is 22.0 Å². The van der Waals surface area contributed by atoms with Gasteiger partial charge < -0.3 is 19.1 Å². The molecular formula is C28H35BrN2O6S2. The molecule has 0 atom stereocenters. The number of aryl methyl sites for hydroxylation is 1. The lowest BCUT2D eigenvalue weighted by molar-refractivity contribution is -0.132. The van der Waals surface area contributed by atoms with Gasteiger partial charge in [-0.2, -0.15) is 4.31 Å². The summed E-state index contributed by atoms with van der Waals surface area (Å²) in [5.74, 6) is 0.988. The minimum atomic E-state index is -3.90. The zero-order valence-electron chi connectivity index (χ0n) is 22.7. The normalized spacial score (nSPS) is 11.5. The van der Waals surface area contributed by atoms with Gasteiger partial charge in [-0.05, 0) is 78.7 Å². The molecular weight excluding hydrogens is 604 g/mol. The largest absolute Gasteiger partial charge is 0.493 e. The fraction of sp³-hybridized carbons (Fsp3) is 0.393. The van der Waals surface area contributed by atoms with Crippen molar-refractivity contribution in [3.05, 3.63) is 74.4 Å². The first-order valence-corrected chi connectivity index (χ1v) is 15.6. The lowest BCUT2D eigenvalue weighted by Crippen LogP contribution is -2.43. The summed E-state index contributed by atoms with van der Waals surface area (Å²) in [7, 11) is 0.838. The maximum Gasteiger partial charge on any atom is 0.243 e. The molecule has 212 valence electrons. The molecule has 11 heteroatoms. The molecule has 1 aromatic heterocycles. The summed E-state index contributed by atoms with van der Waals surface area (Å²) in [5.41, 5.74) is 2.08. The number of amides is 1. The van der Waals surface area contributed by atoms with Crippen LogP contribution >= 0.6 is 27.3 Å². The number of rotatable bonds is 15. The quantitative estimate of drug-likeness (QED) is 0.215. The third-order valence-corrected chi connectivity index (χ3v) is 9.69. The third kappa shape index (κ3) is 8.52. The second kappa shape index (κ2) is 14.8. The number of halogens is 1. The van der Waals surface area contributed by atoms with E-state index in [0.29, 0.717) is 44.0 Å². The first-order valence-electron chi connectivity index (χ1n) is 12.5. The van der Waals surface area contributed by atoms with Gasteiger partial charge in [0.25, 0.3) is 0 Å². The molecule has 0 fully saturated rings. The molecule has 2 aromatic carbocycles. The first kappa shape index (κ1) is 31.1. The van der Waals surface area contributed by atoms with Crippen LogP contribution in [0.15, 0.2) is 63.3 Å². The standard InChI is InChI=1S/C28H35BrN2O6S2/c1-21-13-17-38-27(21)19-30(15-12-22-6-11-25(36-3)26(18-22)37-4)28(32)20-31(14-5-16-35-2)39(33,34)24-9-7-23(29)8-10-24/h6-11,13,17-18H,5,12,14-16,19-20H2,1-4H3. The van der Waals surface area contributed by atoms with E-state index in [0.717, 1.165) is 20.5 Å². The fourth-order valence-electron chi connectivity index (χ4n) is 4.01. The average Bonchev–Trinajstić information content (AvgIpc) is 3.34. The number of hydrogen-bond donors (Lipinski definition) is 0. The highest BCUT2D eigenvalue weighted by molar-refractivity contribution is 9.10. The second-order valence-electron chi connectivity index (χ2n) is 8.92. The van der Waals surface area contributed by atoms with Crippen molar-refractivity contribution >= 4 is 43.2 Å². The summed E-state index contributed by atoms with van der Waals surface area (Å²) in [6.07, 6.45) is 1.04. The van der Waals surface area contributed by atoms with Crippen molar-refractivity contribution in [3.8, 4) is 11.5 Å². The Bertz CT molecular complexity index is 1330. The minimum Gasteiger partial charge on any atom is -0.493 e. The summed E-state index contributed by atoms with van der Waals surface area (Å²) < 4.78 is 45.0. The number of thiophene rings is 1. The Labute approximate surface area is 243 Å². The van der Waals surface area contributed by atoms with Crippen LogP contribution in [-0.4, -0.2) is 71.1 Å². The maximum absolute atomic E-state index is 13.7. The summed E-state index contributed by atoms with van der Waals surface area (Å²) >= 11 is 4.93. The van der Waals surface area contributed by atoms with Gasteiger partial charge in [0.15, 0.2) is 11.5 Å². The molecule has 0 radical (unpaired) electrons. The van der Waals surface area contributed by atoms with Crippen LogP contribution in [0.5, 0.6) is 11.5 Å². The second-order valence-corrected chi connectivity index (χ2v) is 12.8. The van der Waals surface area contributed by atoms with Crippen LogP contribution in [0.3, 0.4) is 0 Å². The molecule has 0 unspecified atom stereocenters. The Morgan fingerprint density at radius 1 is 0.974 bits per heavy atom. The number of ether oxygens (including phenoxy) is 3. The number of hydrogen-bond acceptors (Lipinski definition) is 7. The zero-order valence-corrected chi connectivity index (χ0v) is 25.9. The van der Waals surface area contributed by atoms with Crippen LogP contribution in [0.2, 0.25) is 0 Å². The average molecular weight is 640 g/mol. The fourth-order valence-corrected chi connectivity index (χ4v) is 6.62. The summed E-state index contributed by atoms with van der Waals surface area (Å²) in [6, 6.07) is 14.1. The number of benzene rings is 2. The van der Waals surface area contributed by atoms with Crippen molar-refractivity contribution in [1.29, 1.82) is 0 Å². The summed E-state index contributed by atoms with van der Waals surface area (Å²) in [5, 5.41) is 2.00.